The minimum absolute atomic E-state index is 0.313. The minimum Gasteiger partial charge on any atom is -0.266 e. The SMILES string of the molecule is Cc1nnc(SCc2ccccc2)n1NC(=O)c1sc2cc(Cl)ccc2c1Cl. The molecule has 142 valence electrons. The molecule has 0 atom stereocenters. The summed E-state index contributed by atoms with van der Waals surface area (Å²) in [5.41, 5.74) is 4.02. The second kappa shape index (κ2) is 8.13. The van der Waals surface area contributed by atoms with Crippen LogP contribution in [0.1, 0.15) is 21.1 Å². The van der Waals surface area contributed by atoms with Gasteiger partial charge in [-0.15, -0.1) is 21.5 Å². The van der Waals surface area contributed by atoms with Crippen molar-refractivity contribution in [3.8, 4) is 0 Å². The lowest BCUT2D eigenvalue weighted by molar-refractivity contribution is 0.101. The highest BCUT2D eigenvalue weighted by Crippen LogP contribution is 2.36. The quantitative estimate of drug-likeness (QED) is 0.392. The first-order valence-corrected chi connectivity index (χ1v) is 10.9. The van der Waals surface area contributed by atoms with Crippen LogP contribution < -0.4 is 5.43 Å². The molecular weight excluding hydrogens is 435 g/mol. The molecule has 0 radical (unpaired) electrons. The predicted octanol–water partition coefficient (Wildman–Crippen LogP) is 5.78. The van der Waals surface area contributed by atoms with Gasteiger partial charge in [0.05, 0.1) is 5.02 Å². The number of aromatic nitrogens is 3. The molecule has 1 N–H and O–H groups in total. The molecule has 0 aliphatic rings. The third-order valence-electron chi connectivity index (χ3n) is 4.02. The second-order valence-electron chi connectivity index (χ2n) is 5.97. The molecule has 0 fully saturated rings. The zero-order valence-electron chi connectivity index (χ0n) is 14.6. The van der Waals surface area contributed by atoms with Crippen molar-refractivity contribution in [1.82, 2.24) is 14.9 Å². The maximum atomic E-state index is 12.9. The molecule has 0 bridgehead atoms. The van der Waals surface area contributed by atoms with Gasteiger partial charge in [-0.1, -0.05) is 71.4 Å². The van der Waals surface area contributed by atoms with E-state index >= 15 is 0 Å². The maximum Gasteiger partial charge on any atom is 0.281 e. The average molecular weight is 449 g/mol. The molecule has 2 aromatic carbocycles. The molecule has 5 nitrogen and oxygen atoms in total. The van der Waals surface area contributed by atoms with Crippen LogP contribution in [0.2, 0.25) is 10.0 Å². The number of fused-ring (bicyclic) bond motifs is 1. The van der Waals surface area contributed by atoms with Crippen molar-refractivity contribution >= 4 is 62.3 Å². The van der Waals surface area contributed by atoms with Crippen LogP contribution in [-0.2, 0) is 5.75 Å². The van der Waals surface area contributed by atoms with Crippen LogP contribution in [0.4, 0.5) is 0 Å². The van der Waals surface area contributed by atoms with Crippen LogP contribution >= 0.6 is 46.3 Å². The monoisotopic (exact) mass is 448 g/mol. The second-order valence-corrected chi connectivity index (χ2v) is 8.78. The van der Waals surface area contributed by atoms with E-state index in [0.717, 1.165) is 21.4 Å². The number of hydrogen-bond acceptors (Lipinski definition) is 5. The minimum atomic E-state index is -0.313. The number of halogens is 2. The normalized spacial score (nSPS) is 11.1. The Morgan fingerprint density at radius 3 is 2.75 bits per heavy atom. The van der Waals surface area contributed by atoms with Crippen LogP contribution in [0.3, 0.4) is 0 Å². The average Bonchev–Trinajstić information content (AvgIpc) is 3.21. The Morgan fingerprint density at radius 2 is 1.96 bits per heavy atom. The molecular formula is C19H14Cl2N4OS2. The van der Waals surface area contributed by atoms with Crippen molar-refractivity contribution in [2.75, 3.05) is 5.43 Å². The Hall–Kier alpha value is -2.06. The van der Waals surface area contributed by atoms with Gasteiger partial charge in [0.25, 0.3) is 5.91 Å². The first-order valence-electron chi connectivity index (χ1n) is 8.30. The Labute approximate surface area is 179 Å². The van der Waals surface area contributed by atoms with Gasteiger partial charge in [0, 0.05) is 20.9 Å². The molecule has 0 aliphatic carbocycles. The molecule has 28 heavy (non-hydrogen) atoms. The molecule has 4 aromatic rings. The predicted molar refractivity (Wildman–Crippen MR) is 116 cm³/mol. The number of thiophene rings is 1. The molecule has 0 saturated carbocycles. The van der Waals surface area contributed by atoms with Crippen LogP contribution in [0, 0.1) is 6.92 Å². The third kappa shape index (κ3) is 3.89. The van der Waals surface area contributed by atoms with Gasteiger partial charge in [0.15, 0.2) is 0 Å². The summed E-state index contributed by atoms with van der Waals surface area (Å²) in [5.74, 6) is 0.993. The van der Waals surface area contributed by atoms with Crippen LogP contribution in [0.5, 0.6) is 0 Å². The lowest BCUT2D eigenvalue weighted by atomic mass is 10.2. The topological polar surface area (TPSA) is 59.8 Å². The molecule has 1 amide bonds. The molecule has 2 heterocycles. The highest BCUT2D eigenvalue weighted by Gasteiger charge is 2.20. The summed E-state index contributed by atoms with van der Waals surface area (Å²) >= 11 is 15.3. The number of thioether (sulfide) groups is 1. The van der Waals surface area contributed by atoms with Gasteiger partial charge in [0.2, 0.25) is 5.16 Å². The van der Waals surface area contributed by atoms with Gasteiger partial charge >= 0.3 is 0 Å². The Bertz CT molecular complexity index is 1160. The van der Waals surface area contributed by atoms with Gasteiger partial charge in [-0.25, -0.2) is 4.68 Å². The van der Waals surface area contributed by atoms with E-state index in [1.807, 2.05) is 36.4 Å². The van der Waals surface area contributed by atoms with Crippen molar-refractivity contribution in [3.63, 3.8) is 0 Å². The van der Waals surface area contributed by atoms with E-state index < -0.39 is 0 Å². The summed E-state index contributed by atoms with van der Waals surface area (Å²) < 4.78 is 2.45. The molecule has 0 aliphatic heterocycles. The van der Waals surface area contributed by atoms with Crippen LogP contribution in [-0.4, -0.2) is 20.8 Å². The summed E-state index contributed by atoms with van der Waals surface area (Å²) in [7, 11) is 0. The highest BCUT2D eigenvalue weighted by molar-refractivity contribution is 7.98. The molecule has 0 saturated heterocycles. The summed E-state index contributed by atoms with van der Waals surface area (Å²) in [6.07, 6.45) is 0. The number of amides is 1. The van der Waals surface area contributed by atoms with E-state index in [1.165, 1.54) is 23.1 Å². The first-order chi connectivity index (χ1) is 13.5. The number of nitrogens with zero attached hydrogens (tertiary/aromatic N) is 3. The number of nitrogens with one attached hydrogen (secondary N) is 1. The van der Waals surface area contributed by atoms with Crippen molar-refractivity contribution in [3.05, 3.63) is 74.8 Å². The van der Waals surface area contributed by atoms with E-state index in [-0.39, 0.29) is 5.91 Å². The first kappa shape index (κ1) is 19.3. The smallest absolute Gasteiger partial charge is 0.266 e. The summed E-state index contributed by atoms with van der Waals surface area (Å²) in [4.78, 5) is 13.3. The zero-order chi connectivity index (χ0) is 19.7. The summed E-state index contributed by atoms with van der Waals surface area (Å²) in [6.45, 7) is 1.78. The molecule has 9 heteroatoms. The standard InChI is InChI=1S/C19H14Cl2N4OS2/c1-11-22-23-19(27-10-12-5-3-2-4-6-12)25(11)24-18(26)17-16(21)14-8-7-13(20)9-15(14)28-17/h2-9H,10H2,1H3,(H,24,26). The van der Waals surface area contributed by atoms with E-state index in [4.69, 9.17) is 23.2 Å². The fourth-order valence-electron chi connectivity index (χ4n) is 2.62. The van der Waals surface area contributed by atoms with Crippen molar-refractivity contribution < 1.29 is 4.79 Å². The van der Waals surface area contributed by atoms with Gasteiger partial charge in [-0.05, 0) is 24.6 Å². The number of hydrogen-bond donors (Lipinski definition) is 1. The molecule has 0 spiro atoms. The number of carbonyl (C=O) groups is 1. The zero-order valence-corrected chi connectivity index (χ0v) is 17.8. The molecule has 4 rings (SSSR count). The van der Waals surface area contributed by atoms with Gasteiger partial charge < -0.3 is 0 Å². The number of aryl methyl sites for hydroxylation is 1. The largest absolute Gasteiger partial charge is 0.281 e. The maximum absolute atomic E-state index is 12.9. The van der Waals surface area contributed by atoms with Crippen LogP contribution in [0.25, 0.3) is 10.1 Å². The lowest BCUT2D eigenvalue weighted by Crippen LogP contribution is -2.24. The van der Waals surface area contributed by atoms with Crippen molar-refractivity contribution in [2.24, 2.45) is 0 Å². The van der Waals surface area contributed by atoms with Gasteiger partial charge in [0.1, 0.15) is 10.7 Å². The summed E-state index contributed by atoms with van der Waals surface area (Å²) in [5, 5.41) is 10.7. The Kier molecular flexibility index (Phi) is 5.59. The fourth-order valence-corrected chi connectivity index (χ4v) is 5.20. The van der Waals surface area contributed by atoms with Crippen molar-refractivity contribution in [2.45, 2.75) is 17.8 Å². The van der Waals surface area contributed by atoms with Crippen molar-refractivity contribution in [1.29, 1.82) is 0 Å². The number of rotatable bonds is 5. The fraction of sp³-hybridized carbons (Fsp3) is 0.105. The Morgan fingerprint density at radius 1 is 1.18 bits per heavy atom. The van der Waals surface area contributed by atoms with E-state index in [0.29, 0.717) is 25.9 Å². The highest BCUT2D eigenvalue weighted by atomic mass is 35.5. The number of benzene rings is 2. The molecule has 0 unspecified atom stereocenters. The van der Waals surface area contributed by atoms with E-state index in [2.05, 4.69) is 15.6 Å². The van der Waals surface area contributed by atoms with E-state index in [9.17, 15) is 4.79 Å². The van der Waals surface area contributed by atoms with Gasteiger partial charge in [-0.3, -0.25) is 10.2 Å². The van der Waals surface area contributed by atoms with Crippen LogP contribution in [0.15, 0.2) is 53.7 Å². The van der Waals surface area contributed by atoms with E-state index in [1.54, 1.807) is 23.7 Å². The van der Waals surface area contributed by atoms with Gasteiger partial charge in [-0.2, -0.15) is 0 Å². The molecule has 2 aromatic heterocycles. The lowest BCUT2D eigenvalue weighted by Gasteiger charge is -2.09. The summed E-state index contributed by atoms with van der Waals surface area (Å²) in [6, 6.07) is 15.4. The number of carbonyl (C=O) groups excluding carboxylic acids is 1. The Balaban J connectivity index is 1.57. The third-order valence-corrected chi connectivity index (χ3v) is 6.91.